The zero-order chi connectivity index (χ0) is 13.8. The zero-order valence-electron chi connectivity index (χ0n) is 10.7. The highest BCUT2D eigenvalue weighted by Gasteiger charge is 2.23. The Morgan fingerprint density at radius 1 is 1.61 bits per heavy atom. The molecule has 0 aromatic carbocycles. The summed E-state index contributed by atoms with van der Waals surface area (Å²) in [5, 5.41) is 9.40. The quantitative estimate of drug-likeness (QED) is 0.471. The molecule has 0 saturated heterocycles. The van der Waals surface area contributed by atoms with E-state index in [0.717, 1.165) is 16.2 Å². The lowest BCUT2D eigenvalue weighted by molar-refractivity contribution is 0.101. The van der Waals surface area contributed by atoms with Gasteiger partial charge in [-0.3, -0.25) is 9.78 Å². The second-order valence-electron chi connectivity index (χ2n) is 4.30. The third-order valence-corrected chi connectivity index (χ3v) is 3.96. The molecule has 0 aliphatic heterocycles. The van der Waals surface area contributed by atoms with Crippen LogP contribution in [0.5, 0.6) is 0 Å². The Balaban J connectivity index is 3.28. The number of nitriles is 1. The van der Waals surface area contributed by atoms with Crippen LogP contribution in [0.1, 0.15) is 36.8 Å². The summed E-state index contributed by atoms with van der Waals surface area (Å²) in [6, 6.07) is 4.15. The number of carbonyl (C=O) groups excluding carboxylic acids is 1. The van der Waals surface area contributed by atoms with Crippen molar-refractivity contribution in [1.29, 1.82) is 5.26 Å². The van der Waals surface area contributed by atoms with Gasteiger partial charge in [0.05, 0.1) is 16.8 Å². The van der Waals surface area contributed by atoms with E-state index in [0.29, 0.717) is 5.69 Å². The molecular formula is C13H15BrN2OS. The van der Waals surface area contributed by atoms with Crippen molar-refractivity contribution in [2.45, 2.75) is 31.1 Å². The predicted octanol–water partition coefficient (Wildman–Crippen LogP) is 3.57. The fraction of sp³-hybridized carbons (Fsp3) is 0.462. The first kappa shape index (κ1) is 15.2. The van der Waals surface area contributed by atoms with Crippen molar-refractivity contribution >= 4 is 33.5 Å². The summed E-state index contributed by atoms with van der Waals surface area (Å²) in [4.78, 5) is 16.8. The van der Waals surface area contributed by atoms with Crippen molar-refractivity contribution in [3.05, 3.63) is 23.5 Å². The van der Waals surface area contributed by atoms with E-state index in [1.54, 1.807) is 18.0 Å². The second-order valence-corrected chi connectivity index (χ2v) is 6.16. The Morgan fingerprint density at radius 2 is 2.28 bits per heavy atom. The van der Waals surface area contributed by atoms with Gasteiger partial charge in [0.2, 0.25) is 0 Å². The van der Waals surface area contributed by atoms with Crippen molar-refractivity contribution in [1.82, 2.24) is 4.98 Å². The van der Waals surface area contributed by atoms with Gasteiger partial charge in [-0.25, -0.2) is 0 Å². The van der Waals surface area contributed by atoms with Crippen LogP contribution in [0.15, 0.2) is 17.2 Å². The summed E-state index contributed by atoms with van der Waals surface area (Å²) in [5.74, 6) is 0.827. The van der Waals surface area contributed by atoms with E-state index in [1.165, 1.54) is 0 Å². The maximum absolute atomic E-state index is 11.8. The molecule has 0 unspecified atom stereocenters. The van der Waals surface area contributed by atoms with Gasteiger partial charge in [0.1, 0.15) is 5.69 Å². The van der Waals surface area contributed by atoms with Crippen molar-refractivity contribution in [3.8, 4) is 6.07 Å². The molecule has 0 atom stereocenters. The zero-order valence-corrected chi connectivity index (χ0v) is 13.1. The highest BCUT2D eigenvalue weighted by molar-refractivity contribution is 9.09. The molecule has 1 rings (SSSR count). The van der Waals surface area contributed by atoms with Crippen molar-refractivity contribution in [3.63, 3.8) is 0 Å². The lowest BCUT2D eigenvalue weighted by Crippen LogP contribution is -2.16. The number of halogens is 1. The maximum atomic E-state index is 11.8. The molecule has 0 radical (unpaired) electrons. The molecule has 0 aliphatic rings. The molecule has 3 nitrogen and oxygen atoms in total. The van der Waals surface area contributed by atoms with Crippen LogP contribution < -0.4 is 0 Å². The Hall–Kier alpha value is -0.860. The average Bonchev–Trinajstić information content (AvgIpc) is 2.38. The third-order valence-electron chi connectivity index (χ3n) is 2.54. The van der Waals surface area contributed by atoms with Crippen LogP contribution in [-0.2, 0) is 5.41 Å². The minimum absolute atomic E-state index is 0.0349. The number of carbonyl (C=O) groups is 1. The third kappa shape index (κ3) is 3.33. The highest BCUT2D eigenvalue weighted by Crippen LogP contribution is 2.28. The van der Waals surface area contributed by atoms with E-state index < -0.39 is 5.41 Å². The molecule has 0 N–H and O–H groups in total. The SMILES string of the molecule is CCSc1cc(C(C)(C)C#N)cnc1C(=O)CBr. The number of pyridine rings is 1. The molecule has 0 spiro atoms. The molecule has 0 saturated carbocycles. The number of aromatic nitrogens is 1. The Kier molecular flexibility index (Phi) is 5.36. The normalized spacial score (nSPS) is 11.1. The van der Waals surface area contributed by atoms with Crippen molar-refractivity contribution < 1.29 is 4.79 Å². The van der Waals surface area contributed by atoms with Crippen LogP contribution in [0.25, 0.3) is 0 Å². The average molecular weight is 327 g/mol. The van der Waals surface area contributed by atoms with Gasteiger partial charge >= 0.3 is 0 Å². The fourth-order valence-electron chi connectivity index (χ4n) is 1.39. The van der Waals surface area contributed by atoms with E-state index in [1.807, 2.05) is 26.8 Å². The number of rotatable bonds is 5. The Labute approximate surface area is 120 Å². The van der Waals surface area contributed by atoms with Gasteiger partial charge in [0.25, 0.3) is 0 Å². The number of hydrogen-bond donors (Lipinski definition) is 0. The van der Waals surface area contributed by atoms with Crippen LogP contribution in [0.4, 0.5) is 0 Å². The number of hydrogen-bond acceptors (Lipinski definition) is 4. The van der Waals surface area contributed by atoms with Gasteiger partial charge in [-0.05, 0) is 31.2 Å². The highest BCUT2D eigenvalue weighted by atomic mass is 79.9. The minimum Gasteiger partial charge on any atom is -0.291 e. The minimum atomic E-state index is -0.591. The van der Waals surface area contributed by atoms with Gasteiger partial charge < -0.3 is 0 Å². The van der Waals surface area contributed by atoms with Crippen molar-refractivity contribution in [2.75, 3.05) is 11.1 Å². The number of thioether (sulfide) groups is 1. The van der Waals surface area contributed by atoms with E-state index in [2.05, 4.69) is 27.0 Å². The molecule has 1 aromatic rings. The predicted molar refractivity (Wildman–Crippen MR) is 77.4 cm³/mol. The molecule has 0 bridgehead atoms. The maximum Gasteiger partial charge on any atom is 0.192 e. The first-order valence-electron chi connectivity index (χ1n) is 5.60. The lowest BCUT2D eigenvalue weighted by atomic mass is 9.87. The van der Waals surface area contributed by atoms with Gasteiger partial charge in [-0.15, -0.1) is 11.8 Å². The lowest BCUT2D eigenvalue weighted by Gasteiger charge is -2.17. The van der Waals surface area contributed by atoms with E-state index >= 15 is 0 Å². The van der Waals surface area contributed by atoms with Crippen LogP contribution >= 0.6 is 27.7 Å². The molecule has 0 amide bonds. The number of Topliss-reactive ketones (excluding diaryl/α,β-unsaturated/α-hetero) is 1. The largest absolute Gasteiger partial charge is 0.291 e. The Morgan fingerprint density at radius 3 is 2.78 bits per heavy atom. The second kappa shape index (κ2) is 6.35. The number of nitrogens with zero attached hydrogens (tertiary/aromatic N) is 2. The molecule has 0 fully saturated rings. The molecule has 1 heterocycles. The van der Waals surface area contributed by atoms with Gasteiger partial charge in [0.15, 0.2) is 5.78 Å². The summed E-state index contributed by atoms with van der Waals surface area (Å²) < 4.78 is 0. The topological polar surface area (TPSA) is 53.8 Å². The number of ketones is 1. The van der Waals surface area contributed by atoms with Gasteiger partial charge in [-0.1, -0.05) is 22.9 Å². The van der Waals surface area contributed by atoms with Crippen LogP contribution in [-0.4, -0.2) is 21.9 Å². The molecule has 96 valence electrons. The molecule has 5 heteroatoms. The summed E-state index contributed by atoms with van der Waals surface area (Å²) in [5.41, 5.74) is 0.731. The summed E-state index contributed by atoms with van der Waals surface area (Å²) in [6.07, 6.45) is 1.62. The summed E-state index contributed by atoms with van der Waals surface area (Å²) >= 11 is 4.73. The molecule has 18 heavy (non-hydrogen) atoms. The van der Waals surface area contributed by atoms with E-state index in [4.69, 9.17) is 5.26 Å². The van der Waals surface area contributed by atoms with Gasteiger partial charge in [0, 0.05) is 11.1 Å². The molecule has 0 aliphatic carbocycles. The molecule has 1 aromatic heterocycles. The smallest absolute Gasteiger partial charge is 0.192 e. The van der Waals surface area contributed by atoms with Gasteiger partial charge in [-0.2, -0.15) is 5.26 Å². The van der Waals surface area contributed by atoms with E-state index in [-0.39, 0.29) is 11.1 Å². The Bertz CT molecular complexity index is 494. The fourth-order valence-corrected chi connectivity index (χ4v) is 2.48. The summed E-state index contributed by atoms with van der Waals surface area (Å²) in [6.45, 7) is 5.71. The summed E-state index contributed by atoms with van der Waals surface area (Å²) in [7, 11) is 0. The van der Waals surface area contributed by atoms with Crippen molar-refractivity contribution in [2.24, 2.45) is 0 Å². The standard InChI is InChI=1S/C13H15BrN2OS/c1-4-18-11-5-9(13(2,3)8-15)7-16-12(11)10(17)6-14/h5,7H,4,6H2,1-3H3. The van der Waals surface area contributed by atoms with Crippen LogP contribution in [0.3, 0.4) is 0 Å². The number of alkyl halides is 1. The van der Waals surface area contributed by atoms with Crippen LogP contribution in [0, 0.1) is 11.3 Å². The van der Waals surface area contributed by atoms with Crippen LogP contribution in [0.2, 0.25) is 0 Å². The molecular weight excluding hydrogens is 312 g/mol. The first-order chi connectivity index (χ1) is 8.46. The monoisotopic (exact) mass is 326 g/mol. The first-order valence-corrected chi connectivity index (χ1v) is 7.70. The van der Waals surface area contributed by atoms with E-state index in [9.17, 15) is 4.79 Å².